The van der Waals surface area contributed by atoms with Crippen LogP contribution in [-0.4, -0.2) is 31.1 Å². The minimum Gasteiger partial charge on any atom is -0.455 e. The van der Waals surface area contributed by atoms with Gasteiger partial charge in [-0.15, -0.1) is 0 Å². The number of sulfonamides is 1. The highest BCUT2D eigenvalue weighted by molar-refractivity contribution is 7.89. The van der Waals surface area contributed by atoms with Gasteiger partial charge in [0.05, 0.1) is 10.6 Å². The quantitative estimate of drug-likeness (QED) is 0.666. The number of halogens is 4. The number of esters is 1. The maximum Gasteiger partial charge on any atom is 0.416 e. The molecule has 8 nitrogen and oxygen atoms in total. The van der Waals surface area contributed by atoms with E-state index in [0.717, 1.165) is 6.07 Å². The number of carbonyl (C=O) groups excluding carboxylic acids is 1. The first-order valence-electron chi connectivity index (χ1n) is 8.05. The number of carbonyl (C=O) groups is 1. The number of ether oxygens (including phenoxy) is 1. The number of hydrogen-bond donors (Lipinski definition) is 1. The Balaban J connectivity index is 2.00. The van der Waals surface area contributed by atoms with Crippen molar-refractivity contribution >= 4 is 27.6 Å². The highest BCUT2D eigenvalue weighted by Gasteiger charge is 2.33. The Hall–Kier alpha value is -2.18. The molecule has 0 unspecified atom stereocenters. The fourth-order valence-corrected chi connectivity index (χ4v) is 3.42. The van der Waals surface area contributed by atoms with Gasteiger partial charge in [0.1, 0.15) is 11.4 Å². The molecule has 2 rings (SSSR count). The van der Waals surface area contributed by atoms with E-state index in [1.165, 1.54) is 0 Å². The van der Waals surface area contributed by atoms with Crippen LogP contribution in [0.15, 0.2) is 27.6 Å². The fourth-order valence-electron chi connectivity index (χ4n) is 1.93. The third-order valence-corrected chi connectivity index (χ3v) is 5.33. The molecule has 29 heavy (non-hydrogen) atoms. The minimum atomic E-state index is -4.76. The first kappa shape index (κ1) is 23.1. The molecule has 0 spiro atoms. The number of alkyl halides is 3. The summed E-state index contributed by atoms with van der Waals surface area (Å²) in [5.74, 6) is -0.609. The van der Waals surface area contributed by atoms with E-state index in [1.807, 2.05) is 25.5 Å². The van der Waals surface area contributed by atoms with Crippen LogP contribution in [-0.2, 0) is 37.8 Å². The molecule has 160 valence electrons. The third-order valence-electron chi connectivity index (χ3n) is 3.45. The normalized spacial score (nSPS) is 12.8. The molecule has 0 aliphatic rings. The molecule has 1 aromatic carbocycles. The summed E-state index contributed by atoms with van der Waals surface area (Å²) in [6.07, 6.45) is -4.76. The van der Waals surface area contributed by atoms with Crippen molar-refractivity contribution in [2.24, 2.45) is 0 Å². The number of rotatable bonds is 6. The molecule has 0 radical (unpaired) electrons. The van der Waals surface area contributed by atoms with Gasteiger partial charge in [-0.05, 0) is 18.2 Å². The number of nitrogens with one attached hydrogen (secondary N) is 1. The van der Waals surface area contributed by atoms with E-state index in [4.69, 9.17) is 20.9 Å². The Labute approximate surface area is 169 Å². The SMILES string of the molecule is CC(C)(C)c1noc(COC(=O)CNS(=O)(=O)c2cc(C(F)(F)F)ccc2Cl)n1. The molecular formula is C16H17ClF3N3O5S. The second-order valence-electron chi connectivity index (χ2n) is 6.89. The lowest BCUT2D eigenvalue weighted by Gasteiger charge is -2.12. The number of benzene rings is 1. The van der Waals surface area contributed by atoms with E-state index in [2.05, 4.69) is 10.1 Å². The summed E-state index contributed by atoms with van der Waals surface area (Å²) in [7, 11) is -4.50. The smallest absolute Gasteiger partial charge is 0.416 e. The molecule has 0 saturated heterocycles. The number of hydrogen-bond acceptors (Lipinski definition) is 7. The molecule has 0 aliphatic heterocycles. The standard InChI is InChI=1S/C16H17ClF3N3O5S/c1-15(2,3)14-22-12(28-23-14)8-27-13(24)7-21-29(25,26)11-6-9(16(18,19)20)4-5-10(11)17/h4-6,21H,7-8H2,1-3H3. The van der Waals surface area contributed by atoms with E-state index < -0.39 is 50.8 Å². The van der Waals surface area contributed by atoms with Crippen LogP contribution in [0.25, 0.3) is 0 Å². The lowest BCUT2D eigenvalue weighted by Crippen LogP contribution is -2.31. The molecule has 1 aromatic heterocycles. The average Bonchev–Trinajstić information content (AvgIpc) is 3.07. The zero-order valence-corrected chi connectivity index (χ0v) is 17.1. The molecule has 13 heteroatoms. The predicted molar refractivity (Wildman–Crippen MR) is 94.4 cm³/mol. The highest BCUT2D eigenvalue weighted by Crippen LogP contribution is 2.33. The molecule has 1 N–H and O–H groups in total. The molecule has 0 amide bonds. The van der Waals surface area contributed by atoms with Gasteiger partial charge in [0.2, 0.25) is 10.0 Å². The van der Waals surface area contributed by atoms with Crippen molar-refractivity contribution in [3.05, 3.63) is 40.5 Å². The number of nitrogens with zero attached hydrogens (tertiary/aromatic N) is 2. The highest BCUT2D eigenvalue weighted by atomic mass is 35.5. The lowest BCUT2D eigenvalue weighted by molar-refractivity contribution is -0.144. The Morgan fingerprint density at radius 2 is 1.93 bits per heavy atom. The maximum atomic E-state index is 12.8. The Morgan fingerprint density at radius 1 is 1.28 bits per heavy atom. The van der Waals surface area contributed by atoms with Crippen LogP contribution in [0.2, 0.25) is 5.02 Å². The van der Waals surface area contributed by atoms with Gasteiger partial charge < -0.3 is 9.26 Å². The van der Waals surface area contributed by atoms with Gasteiger partial charge in [0.25, 0.3) is 5.89 Å². The van der Waals surface area contributed by atoms with Crippen LogP contribution in [0.3, 0.4) is 0 Å². The molecule has 0 saturated carbocycles. The zero-order valence-electron chi connectivity index (χ0n) is 15.5. The van der Waals surface area contributed by atoms with E-state index in [0.29, 0.717) is 18.0 Å². The van der Waals surface area contributed by atoms with Crippen molar-refractivity contribution < 1.29 is 35.6 Å². The van der Waals surface area contributed by atoms with E-state index in [-0.39, 0.29) is 11.3 Å². The third kappa shape index (κ3) is 6.15. The lowest BCUT2D eigenvalue weighted by atomic mass is 9.96. The summed E-state index contributed by atoms with van der Waals surface area (Å²) in [6.45, 7) is 4.31. The molecule has 1 heterocycles. The van der Waals surface area contributed by atoms with Gasteiger partial charge >= 0.3 is 12.1 Å². The average molecular weight is 456 g/mol. The van der Waals surface area contributed by atoms with Gasteiger partial charge in [-0.3, -0.25) is 4.79 Å². The minimum absolute atomic E-state index is 0.00653. The Kier molecular flexibility index (Phi) is 6.60. The number of aromatic nitrogens is 2. The van der Waals surface area contributed by atoms with Crippen LogP contribution < -0.4 is 4.72 Å². The summed E-state index contributed by atoms with van der Waals surface area (Å²) >= 11 is 5.70. The second-order valence-corrected chi connectivity index (χ2v) is 9.03. The van der Waals surface area contributed by atoms with Crippen LogP contribution in [0.1, 0.15) is 38.0 Å². The first-order chi connectivity index (χ1) is 13.2. The zero-order chi connectivity index (χ0) is 22.0. The van der Waals surface area contributed by atoms with Crippen molar-refractivity contribution in [2.45, 2.75) is 43.9 Å². The summed E-state index contributed by atoms with van der Waals surface area (Å²) < 4.78 is 74.4. The Morgan fingerprint density at radius 3 is 2.48 bits per heavy atom. The van der Waals surface area contributed by atoms with Gasteiger partial charge in [0, 0.05) is 5.41 Å². The van der Waals surface area contributed by atoms with E-state index in [1.54, 1.807) is 0 Å². The van der Waals surface area contributed by atoms with E-state index >= 15 is 0 Å². The summed E-state index contributed by atoms with van der Waals surface area (Å²) in [4.78, 5) is 15.0. The summed E-state index contributed by atoms with van der Waals surface area (Å²) in [5, 5.41) is 3.30. The van der Waals surface area contributed by atoms with Gasteiger partial charge in [0.15, 0.2) is 12.4 Å². The monoisotopic (exact) mass is 455 g/mol. The summed E-state index contributed by atoms with van der Waals surface area (Å²) in [6, 6.07) is 1.83. The largest absolute Gasteiger partial charge is 0.455 e. The first-order valence-corrected chi connectivity index (χ1v) is 9.91. The molecule has 2 aromatic rings. The second kappa shape index (κ2) is 8.28. The van der Waals surface area contributed by atoms with Gasteiger partial charge in [-0.25, -0.2) is 8.42 Å². The van der Waals surface area contributed by atoms with Gasteiger partial charge in [-0.2, -0.15) is 22.9 Å². The van der Waals surface area contributed by atoms with Crippen LogP contribution >= 0.6 is 11.6 Å². The molecular weight excluding hydrogens is 439 g/mol. The predicted octanol–water partition coefficient (Wildman–Crippen LogP) is 3.06. The van der Waals surface area contributed by atoms with Gasteiger partial charge in [-0.1, -0.05) is 37.5 Å². The Bertz CT molecular complexity index is 1000. The molecule has 0 atom stereocenters. The van der Waals surface area contributed by atoms with Crippen molar-refractivity contribution in [1.29, 1.82) is 0 Å². The maximum absolute atomic E-state index is 12.8. The van der Waals surface area contributed by atoms with Crippen LogP contribution in [0.4, 0.5) is 13.2 Å². The molecule has 0 bridgehead atoms. The fraction of sp³-hybridized carbons (Fsp3) is 0.438. The topological polar surface area (TPSA) is 111 Å². The van der Waals surface area contributed by atoms with Crippen molar-refractivity contribution in [3.63, 3.8) is 0 Å². The van der Waals surface area contributed by atoms with Crippen molar-refractivity contribution in [2.75, 3.05) is 6.54 Å². The summed E-state index contributed by atoms with van der Waals surface area (Å²) in [5.41, 5.74) is -1.58. The van der Waals surface area contributed by atoms with Crippen LogP contribution in [0, 0.1) is 0 Å². The molecule has 0 aliphatic carbocycles. The molecule has 0 fully saturated rings. The van der Waals surface area contributed by atoms with E-state index in [9.17, 15) is 26.4 Å². The van der Waals surface area contributed by atoms with Crippen molar-refractivity contribution in [1.82, 2.24) is 14.9 Å². The van der Waals surface area contributed by atoms with Crippen LogP contribution in [0.5, 0.6) is 0 Å². The van der Waals surface area contributed by atoms with Crippen molar-refractivity contribution in [3.8, 4) is 0 Å².